The van der Waals surface area contributed by atoms with Crippen molar-refractivity contribution < 1.29 is 0 Å². The molecule has 5 heteroatoms. The molecule has 0 spiro atoms. The number of hydrogen-bond donors (Lipinski definition) is 0. The molecule has 2 aromatic heterocycles. The molecule has 0 fully saturated rings. The fourth-order valence-electron chi connectivity index (χ4n) is 1.52. The zero-order valence-corrected chi connectivity index (χ0v) is 11.7. The first-order valence-electron chi connectivity index (χ1n) is 5.34. The van der Waals surface area contributed by atoms with Crippen LogP contribution in [0.15, 0.2) is 36.9 Å². The van der Waals surface area contributed by atoms with Crippen molar-refractivity contribution >= 4 is 28.4 Å². The van der Waals surface area contributed by atoms with Gasteiger partial charge in [-0.3, -0.25) is 4.98 Å². The van der Waals surface area contributed by atoms with Gasteiger partial charge in [-0.2, -0.15) is 0 Å². The van der Waals surface area contributed by atoms with Crippen LogP contribution in [0.2, 0.25) is 0 Å². The number of rotatable bonds is 4. The molecule has 0 N–H and O–H groups in total. The fourth-order valence-corrected chi connectivity index (χ4v) is 2.23. The van der Waals surface area contributed by atoms with Crippen LogP contribution in [0, 0.1) is 3.57 Å². The zero-order valence-electron chi connectivity index (χ0n) is 9.55. The largest absolute Gasteiger partial charge is 0.358 e. The van der Waals surface area contributed by atoms with Crippen LogP contribution in [-0.2, 0) is 6.42 Å². The van der Waals surface area contributed by atoms with E-state index in [-0.39, 0.29) is 0 Å². The van der Waals surface area contributed by atoms with Crippen molar-refractivity contribution in [1.82, 2.24) is 15.0 Å². The third kappa shape index (κ3) is 3.36. The van der Waals surface area contributed by atoms with Crippen LogP contribution >= 0.6 is 22.6 Å². The molecule has 17 heavy (non-hydrogen) atoms. The van der Waals surface area contributed by atoms with Gasteiger partial charge < -0.3 is 4.90 Å². The molecule has 0 unspecified atom stereocenters. The molecule has 88 valence electrons. The summed E-state index contributed by atoms with van der Waals surface area (Å²) in [6.45, 7) is 0.893. The van der Waals surface area contributed by atoms with E-state index in [2.05, 4.69) is 42.4 Å². The summed E-state index contributed by atoms with van der Waals surface area (Å²) < 4.78 is 1.06. The predicted molar refractivity (Wildman–Crippen MR) is 76.0 cm³/mol. The van der Waals surface area contributed by atoms with Gasteiger partial charge in [-0.25, -0.2) is 9.97 Å². The van der Waals surface area contributed by atoms with Crippen LogP contribution in [-0.4, -0.2) is 28.5 Å². The van der Waals surface area contributed by atoms with Gasteiger partial charge in [0.1, 0.15) is 12.1 Å². The van der Waals surface area contributed by atoms with E-state index < -0.39 is 0 Å². The van der Waals surface area contributed by atoms with Crippen LogP contribution in [0.4, 0.5) is 5.82 Å². The van der Waals surface area contributed by atoms with Crippen LogP contribution in [0.3, 0.4) is 0 Å². The summed E-state index contributed by atoms with van der Waals surface area (Å²) in [6.07, 6.45) is 6.14. The summed E-state index contributed by atoms with van der Waals surface area (Å²) in [7, 11) is 2.04. The van der Waals surface area contributed by atoms with Crippen molar-refractivity contribution in [2.75, 3.05) is 18.5 Å². The van der Waals surface area contributed by atoms with Gasteiger partial charge in [-0.1, -0.05) is 6.07 Å². The van der Waals surface area contributed by atoms with Crippen molar-refractivity contribution in [3.8, 4) is 0 Å². The second-order valence-corrected chi connectivity index (χ2v) is 4.85. The number of pyridine rings is 1. The fraction of sp³-hybridized carbons (Fsp3) is 0.250. The maximum Gasteiger partial charge on any atom is 0.145 e. The Balaban J connectivity index is 1.99. The van der Waals surface area contributed by atoms with Gasteiger partial charge in [-0.15, -0.1) is 0 Å². The Hall–Kier alpha value is -1.24. The predicted octanol–water partition coefficient (Wildman–Crippen LogP) is 2.16. The van der Waals surface area contributed by atoms with Crippen LogP contribution in [0.1, 0.15) is 5.69 Å². The lowest BCUT2D eigenvalue weighted by atomic mass is 10.2. The Labute approximate surface area is 114 Å². The standard InChI is InChI=1S/C12H13IN4/c1-17(12-11(13)8-14-9-16-12)7-5-10-4-2-3-6-15-10/h2-4,6,8-9H,5,7H2,1H3. The number of halogens is 1. The van der Waals surface area contributed by atoms with E-state index in [0.717, 1.165) is 28.0 Å². The Morgan fingerprint density at radius 3 is 2.88 bits per heavy atom. The molecule has 2 heterocycles. The van der Waals surface area contributed by atoms with E-state index in [1.54, 1.807) is 6.33 Å². The Morgan fingerprint density at radius 1 is 1.29 bits per heavy atom. The smallest absolute Gasteiger partial charge is 0.145 e. The highest BCUT2D eigenvalue weighted by Crippen LogP contribution is 2.16. The maximum atomic E-state index is 4.31. The number of nitrogens with zero attached hydrogens (tertiary/aromatic N) is 4. The van der Waals surface area contributed by atoms with Crippen molar-refractivity contribution in [3.63, 3.8) is 0 Å². The topological polar surface area (TPSA) is 41.9 Å². The monoisotopic (exact) mass is 340 g/mol. The average molecular weight is 340 g/mol. The van der Waals surface area contributed by atoms with E-state index in [9.17, 15) is 0 Å². The lowest BCUT2D eigenvalue weighted by Gasteiger charge is -2.18. The molecule has 0 amide bonds. The lowest BCUT2D eigenvalue weighted by Crippen LogP contribution is -2.22. The molecule has 2 rings (SSSR count). The van der Waals surface area contributed by atoms with Gasteiger partial charge in [0.25, 0.3) is 0 Å². The minimum Gasteiger partial charge on any atom is -0.358 e. The molecular formula is C12H13IN4. The molecule has 0 radical (unpaired) electrons. The van der Waals surface area contributed by atoms with Gasteiger partial charge in [0.2, 0.25) is 0 Å². The van der Waals surface area contributed by atoms with Crippen LogP contribution in [0.25, 0.3) is 0 Å². The van der Waals surface area contributed by atoms with Gasteiger partial charge in [0.05, 0.1) is 3.57 Å². The van der Waals surface area contributed by atoms with Crippen molar-refractivity contribution in [3.05, 3.63) is 46.2 Å². The molecule has 0 bridgehead atoms. The minimum absolute atomic E-state index is 0.893. The summed E-state index contributed by atoms with van der Waals surface area (Å²) in [5.74, 6) is 0.969. The number of anilines is 1. The van der Waals surface area contributed by atoms with Crippen molar-refractivity contribution in [1.29, 1.82) is 0 Å². The van der Waals surface area contributed by atoms with E-state index in [1.165, 1.54) is 0 Å². The molecule has 0 aliphatic carbocycles. The SMILES string of the molecule is CN(CCc1ccccn1)c1ncncc1I. The zero-order chi connectivity index (χ0) is 12.1. The number of likely N-dealkylation sites (N-methyl/N-ethyl adjacent to an activating group) is 1. The van der Waals surface area contributed by atoms with Crippen LogP contribution < -0.4 is 4.90 Å². The second-order valence-electron chi connectivity index (χ2n) is 3.69. The molecule has 0 aromatic carbocycles. The summed E-state index contributed by atoms with van der Waals surface area (Å²) in [5, 5.41) is 0. The molecule has 0 saturated heterocycles. The van der Waals surface area contributed by atoms with Gasteiger partial charge in [-0.05, 0) is 34.7 Å². The molecular weight excluding hydrogens is 327 g/mol. The third-order valence-corrected chi connectivity index (χ3v) is 3.20. The van der Waals surface area contributed by atoms with Gasteiger partial charge in [0.15, 0.2) is 0 Å². The summed E-state index contributed by atoms with van der Waals surface area (Å²) in [6, 6.07) is 5.98. The average Bonchev–Trinajstić information content (AvgIpc) is 2.38. The first kappa shape index (κ1) is 12.2. The Kier molecular flexibility index (Phi) is 4.24. The third-order valence-electron chi connectivity index (χ3n) is 2.44. The highest BCUT2D eigenvalue weighted by atomic mass is 127. The van der Waals surface area contributed by atoms with Gasteiger partial charge in [0, 0.05) is 38.1 Å². The van der Waals surface area contributed by atoms with Crippen molar-refractivity contribution in [2.24, 2.45) is 0 Å². The molecule has 0 saturated carbocycles. The van der Waals surface area contributed by atoms with E-state index >= 15 is 0 Å². The summed E-state index contributed by atoms with van der Waals surface area (Å²) >= 11 is 2.25. The highest BCUT2D eigenvalue weighted by Gasteiger charge is 2.06. The molecule has 4 nitrogen and oxygen atoms in total. The summed E-state index contributed by atoms with van der Waals surface area (Å²) in [4.78, 5) is 14.7. The molecule has 0 aliphatic heterocycles. The Morgan fingerprint density at radius 2 is 2.18 bits per heavy atom. The van der Waals surface area contributed by atoms with Gasteiger partial charge >= 0.3 is 0 Å². The van der Waals surface area contributed by atoms with E-state index in [4.69, 9.17) is 0 Å². The normalized spacial score (nSPS) is 10.2. The number of hydrogen-bond acceptors (Lipinski definition) is 4. The summed E-state index contributed by atoms with van der Waals surface area (Å²) in [5.41, 5.74) is 1.10. The molecule has 0 atom stereocenters. The molecule has 2 aromatic rings. The highest BCUT2D eigenvalue weighted by molar-refractivity contribution is 14.1. The van der Waals surface area contributed by atoms with E-state index in [0.29, 0.717) is 0 Å². The van der Waals surface area contributed by atoms with Crippen LogP contribution in [0.5, 0.6) is 0 Å². The van der Waals surface area contributed by atoms with Crippen molar-refractivity contribution in [2.45, 2.75) is 6.42 Å². The first-order chi connectivity index (χ1) is 8.27. The number of aromatic nitrogens is 3. The minimum atomic E-state index is 0.893. The molecule has 0 aliphatic rings. The second kappa shape index (κ2) is 5.90. The lowest BCUT2D eigenvalue weighted by molar-refractivity contribution is 0.832. The quantitative estimate of drug-likeness (QED) is 0.800. The first-order valence-corrected chi connectivity index (χ1v) is 6.42. The van der Waals surface area contributed by atoms with E-state index in [1.807, 2.05) is 37.6 Å². The maximum absolute atomic E-state index is 4.31. The Bertz CT molecular complexity index is 475.